The van der Waals surface area contributed by atoms with E-state index in [9.17, 15) is 0 Å². The Kier molecular flexibility index (Phi) is 162. The van der Waals surface area contributed by atoms with Crippen molar-refractivity contribution < 1.29 is 60.3 Å². The molecule has 0 saturated heterocycles. The van der Waals surface area contributed by atoms with Gasteiger partial charge < -0.3 is 60.3 Å². The maximum atomic E-state index is 8.42. The molecule has 0 aliphatic rings. The van der Waals surface area contributed by atoms with Crippen LogP contribution < -0.4 is 60.3 Å². The fourth-order valence-electron chi connectivity index (χ4n) is 0. The monoisotopic (exact) mass is 572 g/mol. The van der Waals surface area contributed by atoms with Crippen molar-refractivity contribution in [2.24, 2.45) is 0 Å². The van der Waals surface area contributed by atoms with Gasteiger partial charge in [-0.3, -0.25) is 29.3 Å². The minimum Gasteiger partial charge on any atom is -0.907 e. The zero-order valence-corrected chi connectivity index (χ0v) is 26.1. The zero-order chi connectivity index (χ0) is 14.3. The van der Waals surface area contributed by atoms with Crippen LogP contribution in [0.5, 0.6) is 0 Å². The second-order valence-corrected chi connectivity index (χ2v) is 1.15. The van der Waals surface area contributed by atoms with E-state index in [2.05, 4.69) is 0 Å². The third-order valence-corrected chi connectivity index (χ3v) is 0. The van der Waals surface area contributed by atoms with Crippen LogP contribution >= 0.6 is 0 Å². The summed E-state index contributed by atoms with van der Waals surface area (Å²) in [6.45, 7) is 0. The van der Waals surface area contributed by atoms with Crippen LogP contribution in [0.15, 0.2) is 0 Å². The second kappa shape index (κ2) is 56.4. The van der Waals surface area contributed by atoms with E-state index in [0.717, 1.165) is 0 Å². The number of hydrogen-bond acceptors (Lipinski definition) is 12. The quantitative estimate of drug-likeness (QED) is 0.245. The Balaban J connectivity index is -0.00000001000. The Hall–Kier alpha value is 6.52. The van der Waals surface area contributed by atoms with Crippen LogP contribution in [0.1, 0.15) is 0 Å². The first-order chi connectivity index (χ1) is 6.93. The molecule has 0 aliphatic heterocycles. The maximum absolute atomic E-state index is 8.42. The molecule has 0 N–H and O–H groups in total. The third kappa shape index (κ3) is 406. The molecule has 0 rings (SSSR count). The Bertz CT molecular complexity index is 80.6. The SMILES string of the molecule is [Mg+2].[Mg+2].[Mg+2].[O-]B([O-])[O-].[O-]B([O-])[O-].[O-]B([O-])[O-].[O-]B([O-])[O-].[Sr+2].[Sr+2].[Sr+2]. The van der Waals surface area contributed by atoms with Crippen molar-refractivity contribution in [3.63, 3.8) is 0 Å². The van der Waals surface area contributed by atoms with Gasteiger partial charge >= 0.3 is 206 Å². The van der Waals surface area contributed by atoms with Gasteiger partial charge in [-0.15, -0.1) is 0 Å². The van der Waals surface area contributed by atoms with E-state index in [0.29, 0.717) is 0 Å². The summed E-state index contributed by atoms with van der Waals surface area (Å²) in [5, 5.41) is 101. The first-order valence-electron chi connectivity index (χ1n) is 2.83. The summed E-state index contributed by atoms with van der Waals surface area (Å²) in [7, 11) is -11.7. The Labute approximate surface area is 288 Å². The molecule has 0 heterocycles. The Morgan fingerprint density at radius 2 is 0.273 bits per heavy atom. The van der Waals surface area contributed by atoms with Gasteiger partial charge in [-0.1, -0.05) is 0 Å². The van der Waals surface area contributed by atoms with E-state index in [4.69, 9.17) is 60.3 Å². The van der Waals surface area contributed by atoms with Gasteiger partial charge in [0.1, 0.15) is 0 Å². The maximum Gasteiger partial charge on any atom is 2.00 e. The molecule has 0 bridgehead atoms. The van der Waals surface area contributed by atoms with Gasteiger partial charge in [-0.05, 0) is 0 Å². The van der Waals surface area contributed by atoms with Crippen LogP contribution in [0.3, 0.4) is 0 Å². The topological polar surface area (TPSA) is 277 Å². The van der Waals surface area contributed by atoms with E-state index in [1.165, 1.54) is 0 Å². The summed E-state index contributed by atoms with van der Waals surface area (Å²) in [4.78, 5) is 0. The molecule has 0 atom stereocenters. The van der Waals surface area contributed by atoms with Gasteiger partial charge in [0, 0.05) is 0 Å². The summed E-state index contributed by atoms with van der Waals surface area (Å²) in [5.41, 5.74) is 0. The largest absolute Gasteiger partial charge is 2.00 e. The summed E-state index contributed by atoms with van der Waals surface area (Å²) >= 11 is 0. The number of hydrogen-bond donors (Lipinski definition) is 0. The molecule has 0 fully saturated rings. The predicted octanol–water partition coefficient (Wildman–Crippen LogP) is -18.1. The first-order valence-corrected chi connectivity index (χ1v) is 2.83. The van der Waals surface area contributed by atoms with Crippen molar-refractivity contribution in [2.75, 3.05) is 0 Å². The molecule has 0 spiro atoms. The molecule has 0 aliphatic carbocycles. The van der Waals surface area contributed by atoms with E-state index in [-0.39, 0.29) is 206 Å². The summed E-state index contributed by atoms with van der Waals surface area (Å²) in [5.74, 6) is 0. The average Bonchev–Trinajstić information content (AvgIpc) is 1.76. The molecule has 0 saturated carbocycles. The molecule has 0 aromatic heterocycles. The van der Waals surface area contributed by atoms with E-state index in [1.54, 1.807) is 0 Å². The van der Waals surface area contributed by atoms with Crippen molar-refractivity contribution in [1.82, 2.24) is 0 Å². The smallest absolute Gasteiger partial charge is 0.907 e. The predicted molar refractivity (Wildman–Crippen MR) is 57.5 cm³/mol. The molecule has 12 nitrogen and oxygen atoms in total. The Morgan fingerprint density at radius 3 is 0.273 bits per heavy atom. The molecule has 0 unspecified atom stereocenters. The van der Waals surface area contributed by atoms with Gasteiger partial charge in [0.05, 0.1) is 0 Å². The zero-order valence-electron chi connectivity index (χ0n) is 11.5. The molecular formula is B4Mg3O12Sr3. The van der Waals surface area contributed by atoms with Gasteiger partial charge in [0.2, 0.25) is 0 Å². The second-order valence-electron chi connectivity index (χ2n) is 1.15. The molecule has 0 aromatic carbocycles. The summed E-state index contributed by atoms with van der Waals surface area (Å²) in [6, 6.07) is 0. The van der Waals surface area contributed by atoms with E-state index < -0.39 is 29.3 Å². The van der Waals surface area contributed by atoms with Crippen molar-refractivity contribution in [3.8, 4) is 0 Å². The van der Waals surface area contributed by atoms with Gasteiger partial charge in [-0.2, -0.15) is 0 Å². The number of rotatable bonds is 0. The van der Waals surface area contributed by atoms with E-state index >= 15 is 0 Å². The molecule has 0 radical (unpaired) electrons. The molecule has 0 aromatic rings. The minimum absolute atomic E-state index is 0. The Morgan fingerprint density at radius 1 is 0.273 bits per heavy atom. The van der Waals surface area contributed by atoms with Crippen molar-refractivity contribution in [3.05, 3.63) is 0 Å². The van der Waals surface area contributed by atoms with Crippen LogP contribution in [0.4, 0.5) is 0 Å². The summed E-state index contributed by atoms with van der Waals surface area (Å²) in [6.07, 6.45) is 0. The fraction of sp³-hybridized carbons (Fsp3) is 0. The van der Waals surface area contributed by atoms with Crippen LogP contribution in [-0.4, -0.2) is 235 Å². The van der Waals surface area contributed by atoms with Crippen LogP contribution in [0, 0.1) is 0 Å². The van der Waals surface area contributed by atoms with Gasteiger partial charge in [0.25, 0.3) is 0 Å². The molecule has 96 valence electrons. The van der Waals surface area contributed by atoms with Crippen molar-refractivity contribution in [2.45, 2.75) is 0 Å². The van der Waals surface area contributed by atoms with Gasteiger partial charge in [0.15, 0.2) is 0 Å². The first kappa shape index (κ1) is 63.0. The van der Waals surface area contributed by atoms with Crippen LogP contribution in [0.2, 0.25) is 0 Å². The molecule has 22 heavy (non-hydrogen) atoms. The van der Waals surface area contributed by atoms with E-state index in [1.807, 2.05) is 0 Å². The van der Waals surface area contributed by atoms with Crippen LogP contribution in [0.25, 0.3) is 0 Å². The molecule has 22 heteroatoms. The molecule has 0 amide bonds. The summed E-state index contributed by atoms with van der Waals surface area (Å²) < 4.78 is 0. The fourth-order valence-corrected chi connectivity index (χ4v) is 0. The van der Waals surface area contributed by atoms with Crippen molar-refractivity contribution >= 4 is 235 Å². The average molecular weight is 571 g/mol. The van der Waals surface area contributed by atoms with Gasteiger partial charge in [-0.25, -0.2) is 0 Å². The minimum atomic E-state index is -2.92. The third-order valence-electron chi connectivity index (χ3n) is 0. The van der Waals surface area contributed by atoms with Crippen LogP contribution in [-0.2, 0) is 0 Å². The standard InChI is InChI=1S/4BO3.3Mg.3Sr/c4*2-1(3)4;;;;;;/q4*-3;6*+2. The normalized spacial score (nSPS) is 4.91. The van der Waals surface area contributed by atoms with Crippen molar-refractivity contribution in [1.29, 1.82) is 0 Å². The molecular weight excluding hydrogens is 571 g/mol.